The first-order chi connectivity index (χ1) is 10.4. The summed E-state index contributed by atoms with van der Waals surface area (Å²) >= 11 is 0. The van der Waals surface area contributed by atoms with Gasteiger partial charge < -0.3 is 9.52 Å². The molecule has 0 spiro atoms. The molecule has 0 aliphatic carbocycles. The predicted octanol–water partition coefficient (Wildman–Crippen LogP) is 1.01. The van der Waals surface area contributed by atoms with Crippen LogP contribution in [0.25, 0.3) is 11.1 Å². The fourth-order valence-corrected chi connectivity index (χ4v) is 3.11. The summed E-state index contributed by atoms with van der Waals surface area (Å²) in [6.45, 7) is 0.610. The molecule has 0 saturated carbocycles. The van der Waals surface area contributed by atoms with Crippen LogP contribution in [-0.2, 0) is 16.6 Å². The minimum Gasteiger partial charge on any atom is -0.408 e. The summed E-state index contributed by atoms with van der Waals surface area (Å²) in [4.78, 5) is 12.0. The highest BCUT2D eigenvalue weighted by atomic mass is 32.2. The van der Waals surface area contributed by atoms with Gasteiger partial charge in [0.2, 0.25) is 10.0 Å². The van der Waals surface area contributed by atoms with Gasteiger partial charge in [-0.1, -0.05) is 0 Å². The van der Waals surface area contributed by atoms with E-state index in [4.69, 9.17) is 9.52 Å². The van der Waals surface area contributed by atoms with E-state index in [0.717, 1.165) is 17.1 Å². The average Bonchev–Trinajstić information content (AvgIpc) is 2.78. The summed E-state index contributed by atoms with van der Waals surface area (Å²) in [5.41, 5.74) is 0.835. The van der Waals surface area contributed by atoms with Gasteiger partial charge in [0.15, 0.2) is 5.58 Å². The Hall–Kier alpha value is -1.64. The van der Waals surface area contributed by atoms with Crippen LogP contribution in [0.5, 0.6) is 0 Å². The number of hydrogen-bond donors (Lipinski definition) is 1. The first-order valence-electron chi connectivity index (χ1n) is 7.04. The lowest BCUT2D eigenvalue weighted by molar-refractivity contribution is 0.281. The number of aromatic nitrogens is 1. The van der Waals surface area contributed by atoms with Gasteiger partial charge in [-0.25, -0.2) is 17.5 Å². The van der Waals surface area contributed by atoms with Crippen LogP contribution in [0.15, 0.2) is 32.3 Å². The lowest BCUT2D eigenvalue weighted by Gasteiger charge is -2.10. The lowest BCUT2D eigenvalue weighted by atomic mass is 10.2. The van der Waals surface area contributed by atoms with Crippen molar-refractivity contribution in [1.29, 1.82) is 0 Å². The molecule has 2 aromatic rings. The molecule has 1 N–H and O–H groups in total. The Bertz CT molecular complexity index is 804. The number of aryl methyl sites for hydroxylation is 1. The maximum absolute atomic E-state index is 12.1. The fourth-order valence-electron chi connectivity index (χ4n) is 2.19. The molecule has 0 saturated heterocycles. The van der Waals surface area contributed by atoms with E-state index in [-0.39, 0.29) is 17.1 Å². The Kier molecular flexibility index (Phi) is 5.05. The molecule has 122 valence electrons. The van der Waals surface area contributed by atoms with Crippen LogP contribution >= 0.6 is 0 Å². The van der Waals surface area contributed by atoms with Crippen molar-refractivity contribution in [3.05, 3.63) is 28.7 Å². The molecule has 0 aliphatic heterocycles. The minimum atomic E-state index is -3.56. The summed E-state index contributed by atoms with van der Waals surface area (Å²) in [5.74, 6) is -0.501. The molecule has 0 unspecified atom stereocenters. The van der Waals surface area contributed by atoms with E-state index in [1.54, 1.807) is 6.07 Å². The molecule has 1 heterocycles. The van der Waals surface area contributed by atoms with Gasteiger partial charge in [0, 0.05) is 33.3 Å². The van der Waals surface area contributed by atoms with Gasteiger partial charge in [-0.15, -0.1) is 0 Å². The van der Waals surface area contributed by atoms with Gasteiger partial charge in [0.05, 0.1) is 10.4 Å². The average molecular weight is 328 g/mol. The van der Waals surface area contributed by atoms with Gasteiger partial charge in [-0.2, -0.15) is 0 Å². The number of oxazole rings is 1. The summed E-state index contributed by atoms with van der Waals surface area (Å²) in [6.07, 6.45) is 2.24. The summed E-state index contributed by atoms with van der Waals surface area (Å²) in [7, 11) is -0.669. The van der Waals surface area contributed by atoms with Crippen LogP contribution < -0.4 is 5.76 Å². The van der Waals surface area contributed by atoms with Gasteiger partial charge in [0.1, 0.15) is 0 Å². The van der Waals surface area contributed by atoms with E-state index in [1.165, 1.54) is 30.8 Å². The third-order valence-electron chi connectivity index (χ3n) is 3.46. The second-order valence-corrected chi connectivity index (χ2v) is 7.37. The Morgan fingerprint density at radius 3 is 2.59 bits per heavy atom. The Morgan fingerprint density at radius 1 is 1.23 bits per heavy atom. The highest BCUT2D eigenvalue weighted by molar-refractivity contribution is 7.89. The van der Waals surface area contributed by atoms with Crippen molar-refractivity contribution in [2.75, 3.05) is 20.7 Å². The molecule has 2 rings (SSSR count). The Balaban J connectivity index is 2.35. The van der Waals surface area contributed by atoms with Crippen molar-refractivity contribution in [3.8, 4) is 0 Å². The molecule has 1 aromatic heterocycles. The summed E-state index contributed by atoms with van der Waals surface area (Å²) < 4.78 is 31.9. The van der Waals surface area contributed by atoms with E-state index in [0.29, 0.717) is 18.5 Å². The van der Waals surface area contributed by atoms with Crippen LogP contribution in [-0.4, -0.2) is 43.1 Å². The van der Waals surface area contributed by atoms with E-state index >= 15 is 0 Å². The van der Waals surface area contributed by atoms with Crippen LogP contribution in [0.4, 0.5) is 0 Å². The maximum Gasteiger partial charge on any atom is 0.419 e. The monoisotopic (exact) mass is 328 g/mol. The lowest BCUT2D eigenvalue weighted by Crippen LogP contribution is -2.22. The van der Waals surface area contributed by atoms with Crippen LogP contribution in [0.2, 0.25) is 0 Å². The maximum atomic E-state index is 12.1. The molecule has 22 heavy (non-hydrogen) atoms. The van der Waals surface area contributed by atoms with Crippen molar-refractivity contribution in [2.45, 2.75) is 30.7 Å². The van der Waals surface area contributed by atoms with E-state index < -0.39 is 15.8 Å². The first-order valence-corrected chi connectivity index (χ1v) is 8.48. The topological polar surface area (TPSA) is 92.8 Å². The molecule has 0 fully saturated rings. The van der Waals surface area contributed by atoms with Crippen molar-refractivity contribution < 1.29 is 17.9 Å². The second-order valence-electron chi connectivity index (χ2n) is 5.22. The van der Waals surface area contributed by atoms with E-state index in [1.807, 2.05) is 0 Å². The molecule has 7 nitrogen and oxygen atoms in total. The summed E-state index contributed by atoms with van der Waals surface area (Å²) in [5, 5.41) is 8.75. The quantitative estimate of drug-likeness (QED) is 0.766. The molecular weight excluding hydrogens is 308 g/mol. The van der Waals surface area contributed by atoms with Crippen molar-refractivity contribution in [1.82, 2.24) is 8.87 Å². The molecule has 0 amide bonds. The molecule has 0 bridgehead atoms. The molecule has 0 atom stereocenters. The van der Waals surface area contributed by atoms with E-state index in [9.17, 15) is 13.2 Å². The number of benzene rings is 1. The third-order valence-corrected chi connectivity index (χ3v) is 5.27. The second kappa shape index (κ2) is 6.64. The van der Waals surface area contributed by atoms with Crippen LogP contribution in [0.3, 0.4) is 0 Å². The van der Waals surface area contributed by atoms with Gasteiger partial charge >= 0.3 is 5.76 Å². The zero-order valence-corrected chi connectivity index (χ0v) is 13.5. The highest BCUT2D eigenvalue weighted by Gasteiger charge is 2.19. The molecule has 0 radical (unpaired) electrons. The largest absolute Gasteiger partial charge is 0.419 e. The number of rotatable bonds is 7. The SMILES string of the molecule is CN(C)S(=O)(=O)c1ccc2c(c1)oc(=O)n2CCCCCO. The standard InChI is InChI=1S/C14H20N2O5S/c1-15(2)22(19,20)11-6-7-12-13(10-11)21-14(18)16(12)8-4-3-5-9-17/h6-7,10,17H,3-5,8-9H2,1-2H3. The number of aliphatic hydroxyl groups excluding tert-OH is 1. The molecule has 0 aliphatic rings. The highest BCUT2D eigenvalue weighted by Crippen LogP contribution is 2.20. The minimum absolute atomic E-state index is 0.0891. The van der Waals surface area contributed by atoms with Crippen LogP contribution in [0, 0.1) is 0 Å². The molecular formula is C14H20N2O5S. The third kappa shape index (κ3) is 3.23. The molecule has 8 heteroatoms. The smallest absolute Gasteiger partial charge is 0.408 e. The number of sulfonamides is 1. The number of unbranched alkanes of at least 4 members (excludes halogenated alkanes) is 2. The van der Waals surface area contributed by atoms with Crippen molar-refractivity contribution >= 4 is 21.1 Å². The number of hydrogen-bond acceptors (Lipinski definition) is 5. The Labute approximate surface area is 128 Å². The summed E-state index contributed by atoms with van der Waals surface area (Å²) in [6, 6.07) is 4.43. The van der Waals surface area contributed by atoms with Crippen molar-refractivity contribution in [2.24, 2.45) is 0 Å². The van der Waals surface area contributed by atoms with Crippen LogP contribution in [0.1, 0.15) is 19.3 Å². The zero-order valence-electron chi connectivity index (χ0n) is 12.7. The fraction of sp³-hybridized carbons (Fsp3) is 0.500. The number of fused-ring (bicyclic) bond motifs is 1. The Morgan fingerprint density at radius 2 is 1.95 bits per heavy atom. The van der Waals surface area contributed by atoms with E-state index in [2.05, 4.69) is 0 Å². The molecule has 1 aromatic carbocycles. The van der Waals surface area contributed by atoms with Crippen molar-refractivity contribution in [3.63, 3.8) is 0 Å². The van der Waals surface area contributed by atoms with Gasteiger partial charge in [-0.05, 0) is 31.4 Å². The number of nitrogens with zero attached hydrogens (tertiary/aromatic N) is 2. The predicted molar refractivity (Wildman–Crippen MR) is 82.3 cm³/mol. The number of aliphatic hydroxyl groups is 1. The zero-order chi connectivity index (χ0) is 16.3. The van der Waals surface area contributed by atoms with Gasteiger partial charge in [-0.3, -0.25) is 4.57 Å². The normalized spacial score (nSPS) is 12.4. The van der Waals surface area contributed by atoms with Gasteiger partial charge in [0.25, 0.3) is 0 Å². The first kappa shape index (κ1) is 16.7.